The van der Waals surface area contributed by atoms with Gasteiger partial charge in [0, 0.05) is 0 Å². The number of ether oxygens (including phenoxy) is 1. The Kier molecular flexibility index (Phi) is 4.70. The van der Waals surface area contributed by atoms with Crippen LogP contribution in [0.15, 0.2) is 36.5 Å². The number of hydrogen-bond acceptors (Lipinski definition) is 4. The summed E-state index contributed by atoms with van der Waals surface area (Å²) in [7, 11) is 0. The normalized spacial score (nSPS) is 10.4. The van der Waals surface area contributed by atoms with Crippen LogP contribution in [0, 0.1) is 17.0 Å². The van der Waals surface area contributed by atoms with Crippen molar-refractivity contribution in [1.82, 2.24) is 9.78 Å². The van der Waals surface area contributed by atoms with Crippen LogP contribution < -0.4 is 4.74 Å². The van der Waals surface area contributed by atoms with E-state index < -0.39 is 4.92 Å². The van der Waals surface area contributed by atoms with Crippen molar-refractivity contribution in [3.8, 4) is 5.75 Å². The van der Waals surface area contributed by atoms with Gasteiger partial charge in [0.05, 0.1) is 30.5 Å². The summed E-state index contributed by atoms with van der Waals surface area (Å²) in [6.45, 7) is 3.32. The van der Waals surface area contributed by atoms with Crippen LogP contribution in [0.25, 0.3) is 0 Å². The highest BCUT2D eigenvalue weighted by Crippen LogP contribution is 2.12. The molecule has 0 unspecified atom stereocenters. The molecular formula is C14H17N3O3. The fourth-order valence-electron chi connectivity index (χ4n) is 1.77. The number of nitrogens with zero attached hydrogens (tertiary/aromatic N) is 3. The summed E-state index contributed by atoms with van der Waals surface area (Å²) in [5.41, 5.74) is 1.21. The monoisotopic (exact) mass is 275 g/mol. The Hall–Kier alpha value is -2.37. The number of nitro groups is 1. The zero-order valence-corrected chi connectivity index (χ0v) is 11.4. The smallest absolute Gasteiger partial charge is 0.389 e. The van der Waals surface area contributed by atoms with E-state index in [1.54, 1.807) is 10.9 Å². The second-order valence-electron chi connectivity index (χ2n) is 4.56. The molecule has 6 heteroatoms. The molecule has 0 aliphatic rings. The Bertz CT molecular complexity index is 563. The molecule has 2 rings (SSSR count). The number of unbranched alkanes of at least 4 members (excludes halogenated alkanes) is 1. The molecule has 106 valence electrons. The van der Waals surface area contributed by atoms with Gasteiger partial charge in [-0.15, -0.1) is 0 Å². The predicted molar refractivity (Wildman–Crippen MR) is 74.8 cm³/mol. The van der Waals surface area contributed by atoms with Gasteiger partial charge in [0.15, 0.2) is 0 Å². The van der Waals surface area contributed by atoms with Crippen molar-refractivity contribution in [3.05, 3.63) is 52.2 Å². The molecule has 6 nitrogen and oxygen atoms in total. The quantitative estimate of drug-likeness (QED) is 0.442. The number of hydrogen-bond donors (Lipinski definition) is 0. The third kappa shape index (κ3) is 4.08. The van der Waals surface area contributed by atoms with Crippen LogP contribution in [0.1, 0.15) is 18.4 Å². The highest BCUT2D eigenvalue weighted by molar-refractivity contribution is 5.26. The van der Waals surface area contributed by atoms with Gasteiger partial charge in [-0.1, -0.05) is 17.7 Å². The first kappa shape index (κ1) is 14.0. The molecule has 1 aromatic heterocycles. The summed E-state index contributed by atoms with van der Waals surface area (Å²) in [6.07, 6.45) is 3.37. The van der Waals surface area contributed by atoms with E-state index in [-0.39, 0.29) is 5.82 Å². The first-order valence-electron chi connectivity index (χ1n) is 6.52. The van der Waals surface area contributed by atoms with Crippen molar-refractivity contribution >= 4 is 5.82 Å². The molecule has 2 aromatic rings. The lowest BCUT2D eigenvalue weighted by Gasteiger charge is -2.05. The van der Waals surface area contributed by atoms with Gasteiger partial charge in [-0.3, -0.25) is 0 Å². The average Bonchev–Trinajstić information content (AvgIpc) is 2.89. The van der Waals surface area contributed by atoms with E-state index in [9.17, 15) is 10.1 Å². The summed E-state index contributed by atoms with van der Waals surface area (Å²) in [6, 6.07) is 9.33. The third-order valence-electron chi connectivity index (χ3n) is 2.88. The van der Waals surface area contributed by atoms with E-state index in [4.69, 9.17) is 4.74 Å². The number of aromatic nitrogens is 2. The molecule has 0 aliphatic carbocycles. The Balaban J connectivity index is 1.66. The van der Waals surface area contributed by atoms with Crippen LogP contribution in [-0.4, -0.2) is 21.3 Å². The lowest BCUT2D eigenvalue weighted by Crippen LogP contribution is -2.03. The molecule has 0 saturated heterocycles. The molecule has 0 saturated carbocycles. The number of rotatable bonds is 7. The van der Waals surface area contributed by atoms with Crippen LogP contribution >= 0.6 is 0 Å². The maximum absolute atomic E-state index is 10.5. The fourth-order valence-corrected chi connectivity index (χ4v) is 1.77. The second-order valence-corrected chi connectivity index (χ2v) is 4.56. The molecule has 20 heavy (non-hydrogen) atoms. The van der Waals surface area contributed by atoms with Gasteiger partial charge in [-0.05, 0) is 36.8 Å². The fraction of sp³-hybridized carbons (Fsp3) is 0.357. The van der Waals surface area contributed by atoms with E-state index in [0.717, 1.165) is 18.6 Å². The zero-order chi connectivity index (χ0) is 14.4. The minimum Gasteiger partial charge on any atom is -0.494 e. The van der Waals surface area contributed by atoms with Crippen molar-refractivity contribution in [2.24, 2.45) is 0 Å². The lowest BCUT2D eigenvalue weighted by atomic mass is 10.2. The van der Waals surface area contributed by atoms with Gasteiger partial charge in [-0.2, -0.15) is 4.68 Å². The summed E-state index contributed by atoms with van der Waals surface area (Å²) in [5.74, 6) is 0.756. The van der Waals surface area contributed by atoms with E-state index in [2.05, 4.69) is 5.10 Å². The maximum atomic E-state index is 10.5. The largest absolute Gasteiger partial charge is 0.494 e. The van der Waals surface area contributed by atoms with E-state index >= 15 is 0 Å². The SMILES string of the molecule is Cc1ccc(OCCCCn2ccc([N+](=O)[O-])n2)cc1. The molecule has 0 N–H and O–H groups in total. The average molecular weight is 275 g/mol. The van der Waals surface area contributed by atoms with Gasteiger partial charge >= 0.3 is 5.82 Å². The molecule has 0 fully saturated rings. The van der Waals surface area contributed by atoms with E-state index in [1.165, 1.54) is 11.6 Å². The van der Waals surface area contributed by atoms with Crippen LogP contribution in [0.2, 0.25) is 0 Å². The standard InChI is InChI=1S/C14H17N3O3/c1-12-4-6-13(7-5-12)20-11-3-2-9-16-10-8-14(15-16)17(18)19/h4-8,10H,2-3,9,11H2,1H3. The molecule has 0 aliphatic heterocycles. The van der Waals surface area contributed by atoms with Crippen LogP contribution in [0.3, 0.4) is 0 Å². The molecule has 1 heterocycles. The van der Waals surface area contributed by atoms with Gasteiger partial charge in [0.2, 0.25) is 0 Å². The van der Waals surface area contributed by atoms with Gasteiger partial charge in [0.25, 0.3) is 0 Å². The number of benzene rings is 1. The number of aryl methyl sites for hydroxylation is 2. The molecule has 1 aromatic carbocycles. The first-order valence-corrected chi connectivity index (χ1v) is 6.52. The lowest BCUT2D eigenvalue weighted by molar-refractivity contribution is -0.389. The summed E-state index contributed by atoms with van der Waals surface area (Å²) in [5, 5.41) is 14.3. The third-order valence-corrected chi connectivity index (χ3v) is 2.88. The molecule has 0 atom stereocenters. The van der Waals surface area contributed by atoms with E-state index in [1.807, 2.05) is 31.2 Å². The predicted octanol–water partition coefficient (Wildman–Crippen LogP) is 2.96. The summed E-state index contributed by atoms with van der Waals surface area (Å²) >= 11 is 0. The van der Waals surface area contributed by atoms with Crippen molar-refractivity contribution in [2.75, 3.05) is 6.61 Å². The first-order chi connectivity index (χ1) is 9.65. The van der Waals surface area contributed by atoms with Crippen LogP contribution in [0.4, 0.5) is 5.82 Å². The van der Waals surface area contributed by atoms with Crippen molar-refractivity contribution in [3.63, 3.8) is 0 Å². The Morgan fingerprint density at radius 2 is 2.00 bits per heavy atom. The maximum Gasteiger partial charge on any atom is 0.389 e. The zero-order valence-electron chi connectivity index (χ0n) is 11.4. The van der Waals surface area contributed by atoms with Crippen molar-refractivity contribution in [1.29, 1.82) is 0 Å². The van der Waals surface area contributed by atoms with Crippen LogP contribution in [-0.2, 0) is 6.54 Å². The highest BCUT2D eigenvalue weighted by atomic mass is 16.6. The Morgan fingerprint density at radius 3 is 2.65 bits per heavy atom. The Labute approximate surface area is 117 Å². The minimum atomic E-state index is -0.489. The van der Waals surface area contributed by atoms with Crippen molar-refractivity contribution < 1.29 is 9.66 Å². The summed E-state index contributed by atoms with van der Waals surface area (Å²) in [4.78, 5) is 9.99. The molecule has 0 bridgehead atoms. The molecular weight excluding hydrogens is 258 g/mol. The van der Waals surface area contributed by atoms with Crippen molar-refractivity contribution in [2.45, 2.75) is 26.3 Å². The van der Waals surface area contributed by atoms with E-state index in [0.29, 0.717) is 13.2 Å². The van der Waals surface area contributed by atoms with Crippen LogP contribution in [0.5, 0.6) is 5.75 Å². The van der Waals surface area contributed by atoms with Gasteiger partial charge in [-0.25, -0.2) is 0 Å². The van der Waals surface area contributed by atoms with Gasteiger partial charge < -0.3 is 14.9 Å². The Morgan fingerprint density at radius 1 is 1.25 bits per heavy atom. The summed E-state index contributed by atoms with van der Waals surface area (Å²) < 4.78 is 7.19. The van der Waals surface area contributed by atoms with Gasteiger partial charge in [0.1, 0.15) is 5.75 Å². The molecule has 0 amide bonds. The topological polar surface area (TPSA) is 70.2 Å². The molecule has 0 radical (unpaired) electrons. The molecule has 0 spiro atoms. The minimum absolute atomic E-state index is 0.110. The highest BCUT2D eigenvalue weighted by Gasteiger charge is 2.09. The second kappa shape index (κ2) is 6.70.